The Labute approximate surface area is 218 Å². The minimum atomic E-state index is -0.371. The molecule has 0 spiro atoms. The van der Waals surface area contributed by atoms with E-state index < -0.39 is 0 Å². The lowest BCUT2D eigenvalue weighted by molar-refractivity contribution is 0.514. The largest absolute Gasteiger partial charge is 0.340 e. The molecule has 2 aromatic carbocycles. The van der Waals surface area contributed by atoms with E-state index in [9.17, 15) is 4.79 Å². The van der Waals surface area contributed by atoms with Crippen LogP contribution < -0.4 is 5.56 Å². The predicted octanol–water partition coefficient (Wildman–Crippen LogP) is 4.26. The van der Waals surface area contributed by atoms with Crippen LogP contribution in [0.5, 0.6) is 0 Å². The molecule has 1 aliphatic carbocycles. The molecule has 10 nitrogen and oxygen atoms in total. The van der Waals surface area contributed by atoms with Gasteiger partial charge in [-0.2, -0.15) is 9.78 Å². The van der Waals surface area contributed by atoms with Crippen LogP contribution in [0, 0.1) is 11.7 Å². The van der Waals surface area contributed by atoms with E-state index in [0.717, 1.165) is 28.9 Å². The van der Waals surface area contributed by atoms with Gasteiger partial charge < -0.3 is 9.55 Å². The summed E-state index contributed by atoms with van der Waals surface area (Å²) >= 11 is 6.33. The third-order valence-electron chi connectivity index (χ3n) is 7.59. The van der Waals surface area contributed by atoms with Gasteiger partial charge in [0.15, 0.2) is 0 Å². The molecule has 1 saturated carbocycles. The Morgan fingerprint density at radius 3 is 2.87 bits per heavy atom. The second kappa shape index (κ2) is 7.68. The summed E-state index contributed by atoms with van der Waals surface area (Å²) in [5, 5.41) is 19.1. The molecule has 0 saturated heterocycles. The number of H-pyrrole nitrogens is 2. The summed E-state index contributed by atoms with van der Waals surface area (Å²) in [7, 11) is 0. The number of rotatable bonds is 4. The Morgan fingerprint density at radius 1 is 1.08 bits per heavy atom. The molecule has 186 valence electrons. The van der Waals surface area contributed by atoms with Gasteiger partial charge in [0.05, 0.1) is 40.7 Å². The van der Waals surface area contributed by atoms with Crippen molar-refractivity contribution in [2.75, 3.05) is 0 Å². The highest BCUT2D eigenvalue weighted by Crippen LogP contribution is 2.60. The third-order valence-corrected chi connectivity index (χ3v) is 7.83. The SMILES string of the molecule is O=c1cc(-c2cc(Cl)ccc2-n2cnnn2)cc2n1[C@H](c1ncc(-c3ccc4[nH]ncc4c3F)[nH]1)[C@H]1C[C@@H]21. The van der Waals surface area contributed by atoms with Crippen LogP contribution >= 0.6 is 11.6 Å². The van der Waals surface area contributed by atoms with E-state index in [4.69, 9.17) is 11.6 Å². The molecule has 2 aliphatic rings. The molecule has 12 heteroatoms. The molecule has 2 N–H and O–H groups in total. The third kappa shape index (κ3) is 3.05. The predicted molar refractivity (Wildman–Crippen MR) is 136 cm³/mol. The van der Waals surface area contributed by atoms with Crippen LogP contribution in [0.15, 0.2) is 66.0 Å². The number of imidazole rings is 1. The Bertz CT molecular complexity index is 1940. The van der Waals surface area contributed by atoms with Crippen LogP contribution in [0.4, 0.5) is 4.39 Å². The van der Waals surface area contributed by atoms with Crippen molar-refractivity contribution in [2.45, 2.75) is 18.4 Å². The van der Waals surface area contributed by atoms with Gasteiger partial charge in [-0.1, -0.05) is 11.6 Å². The Kier molecular flexibility index (Phi) is 4.34. The maximum absolute atomic E-state index is 15.1. The number of pyridine rings is 1. The fourth-order valence-corrected chi connectivity index (χ4v) is 5.96. The number of tetrazole rings is 1. The molecule has 6 aromatic rings. The molecular formula is C26H17ClFN9O. The highest BCUT2D eigenvalue weighted by atomic mass is 35.5. The van der Waals surface area contributed by atoms with Gasteiger partial charge in [0.2, 0.25) is 0 Å². The zero-order valence-electron chi connectivity index (χ0n) is 19.5. The van der Waals surface area contributed by atoms with Gasteiger partial charge in [0, 0.05) is 33.8 Å². The average molecular weight is 526 g/mol. The summed E-state index contributed by atoms with van der Waals surface area (Å²) in [6, 6.07) is 12.3. The first-order chi connectivity index (χ1) is 18.6. The van der Waals surface area contributed by atoms with Crippen molar-refractivity contribution in [3.05, 3.63) is 93.9 Å². The lowest BCUT2D eigenvalue weighted by atomic mass is 10.0. The maximum Gasteiger partial charge on any atom is 0.252 e. The zero-order valence-corrected chi connectivity index (χ0v) is 20.3. The van der Waals surface area contributed by atoms with Crippen molar-refractivity contribution in [1.82, 2.24) is 44.9 Å². The average Bonchev–Trinajstić information content (AvgIpc) is 3.42. The molecule has 5 heterocycles. The van der Waals surface area contributed by atoms with E-state index in [0.29, 0.717) is 33.0 Å². The molecule has 1 fully saturated rings. The van der Waals surface area contributed by atoms with Crippen LogP contribution in [0.1, 0.15) is 29.9 Å². The van der Waals surface area contributed by atoms with Crippen LogP contribution in [0.2, 0.25) is 5.02 Å². The first-order valence-electron chi connectivity index (χ1n) is 12.0. The number of halogens is 2. The first kappa shape index (κ1) is 21.4. The first-order valence-corrected chi connectivity index (χ1v) is 12.4. The summed E-state index contributed by atoms with van der Waals surface area (Å²) in [5.74, 6) is 0.765. The number of nitrogens with zero attached hydrogens (tertiary/aromatic N) is 7. The molecule has 0 bridgehead atoms. The van der Waals surface area contributed by atoms with Gasteiger partial charge in [0.25, 0.3) is 5.56 Å². The molecule has 0 amide bonds. The van der Waals surface area contributed by atoms with E-state index in [1.54, 1.807) is 35.1 Å². The number of aromatic amines is 2. The highest BCUT2D eigenvalue weighted by molar-refractivity contribution is 6.31. The number of nitrogens with one attached hydrogen (secondary N) is 2. The maximum atomic E-state index is 15.1. The molecule has 3 atom stereocenters. The normalized spacial score (nSPS) is 19.6. The molecular weight excluding hydrogens is 509 g/mol. The van der Waals surface area contributed by atoms with Crippen molar-refractivity contribution in [2.24, 2.45) is 5.92 Å². The van der Waals surface area contributed by atoms with Gasteiger partial charge in [0.1, 0.15) is 18.0 Å². The smallest absolute Gasteiger partial charge is 0.252 e. The number of fused-ring (bicyclic) bond motifs is 4. The molecule has 4 aromatic heterocycles. The molecule has 38 heavy (non-hydrogen) atoms. The van der Waals surface area contributed by atoms with Crippen LogP contribution in [0.3, 0.4) is 0 Å². The zero-order chi connectivity index (χ0) is 25.5. The molecule has 8 rings (SSSR count). The van der Waals surface area contributed by atoms with Crippen LogP contribution in [-0.2, 0) is 0 Å². The van der Waals surface area contributed by atoms with Crippen molar-refractivity contribution in [3.63, 3.8) is 0 Å². The fourth-order valence-electron chi connectivity index (χ4n) is 5.79. The second-order valence-electron chi connectivity index (χ2n) is 9.68. The Morgan fingerprint density at radius 2 is 2.00 bits per heavy atom. The van der Waals surface area contributed by atoms with Crippen LogP contribution in [0.25, 0.3) is 39.0 Å². The standard InChI is InChI=1S/C26H17ClFN9O/c27-13-1-4-21(36-11-31-34-35-36)15(7-13)12-5-22-16-8-17(16)25(37(22)23(38)6-12)26-29-10-20(32-26)14-2-3-19-18(24(14)28)9-30-33-19/h1-7,9-11,16-17,25H,8H2,(H,29,32)(H,30,33)/t16-,17+,25+/m1/s1. The van der Waals surface area contributed by atoms with Gasteiger partial charge in [-0.25, -0.2) is 9.37 Å². The summed E-state index contributed by atoms with van der Waals surface area (Å²) < 4.78 is 18.5. The van der Waals surface area contributed by atoms with Gasteiger partial charge in [-0.3, -0.25) is 9.89 Å². The minimum Gasteiger partial charge on any atom is -0.340 e. The molecule has 0 radical (unpaired) electrons. The van der Waals surface area contributed by atoms with Gasteiger partial charge >= 0.3 is 0 Å². The van der Waals surface area contributed by atoms with Crippen molar-refractivity contribution >= 4 is 22.5 Å². The monoisotopic (exact) mass is 525 g/mol. The highest BCUT2D eigenvalue weighted by Gasteiger charge is 2.54. The van der Waals surface area contributed by atoms with E-state index in [1.165, 1.54) is 12.5 Å². The van der Waals surface area contributed by atoms with Crippen molar-refractivity contribution in [1.29, 1.82) is 0 Å². The van der Waals surface area contributed by atoms with Crippen molar-refractivity contribution < 1.29 is 4.39 Å². The summed E-state index contributed by atoms with van der Waals surface area (Å²) in [4.78, 5) is 21.4. The van der Waals surface area contributed by atoms with E-state index in [-0.39, 0.29) is 29.3 Å². The van der Waals surface area contributed by atoms with Crippen molar-refractivity contribution in [3.8, 4) is 28.1 Å². The summed E-state index contributed by atoms with van der Waals surface area (Å²) in [6.07, 6.45) is 5.55. The van der Waals surface area contributed by atoms with Gasteiger partial charge in [-0.05, 0) is 64.7 Å². The molecule has 1 aliphatic heterocycles. The van der Waals surface area contributed by atoms with E-state index in [2.05, 4.69) is 35.7 Å². The molecule has 0 unspecified atom stereocenters. The number of aromatic nitrogens is 9. The lowest BCUT2D eigenvalue weighted by Gasteiger charge is -2.18. The Balaban J connectivity index is 1.21. The number of hydrogen-bond donors (Lipinski definition) is 2. The summed E-state index contributed by atoms with van der Waals surface area (Å²) in [6.45, 7) is 0. The second-order valence-corrected chi connectivity index (χ2v) is 10.1. The van der Waals surface area contributed by atoms with Gasteiger partial charge in [-0.15, -0.1) is 5.10 Å². The summed E-state index contributed by atoms with van der Waals surface area (Å²) in [5.41, 5.74) is 4.63. The quantitative estimate of drug-likeness (QED) is 0.354. The topological polar surface area (TPSA) is 123 Å². The van der Waals surface area contributed by atoms with E-state index >= 15 is 4.39 Å². The van der Waals surface area contributed by atoms with E-state index in [1.807, 2.05) is 22.8 Å². The number of benzene rings is 2. The van der Waals surface area contributed by atoms with Crippen LogP contribution in [-0.4, -0.2) is 44.9 Å². The number of hydrogen-bond acceptors (Lipinski definition) is 6. The lowest BCUT2D eigenvalue weighted by Crippen LogP contribution is -2.26. The minimum absolute atomic E-state index is 0.138. The Hall–Kier alpha value is -4.64. The fraction of sp³-hybridized carbons (Fsp3) is 0.154.